The summed E-state index contributed by atoms with van der Waals surface area (Å²) in [5.41, 5.74) is 4.23. The standard InChI is InChI=1S/C19H24B5ClF3N5O2/c1-16(6-35-17(2,15(29)33-16)19(26,27)28)7-4-3-5-8(30-7)31-14(34)12-9(18(22,23)24)10(20)11(25)13(21)32-12/h3-5H,6,20-24H2,1-2H3,(H2,29,33)(H,30,31,34)/t16-,17+/m0/s1. The van der Waals surface area contributed by atoms with E-state index in [-0.39, 0.29) is 17.2 Å². The lowest BCUT2D eigenvalue weighted by Gasteiger charge is -2.40. The molecule has 3 rings (SSSR count). The monoisotopic (exact) mass is 501 g/mol. The van der Waals surface area contributed by atoms with Gasteiger partial charge in [-0.1, -0.05) is 28.2 Å². The second-order valence-corrected chi connectivity index (χ2v) is 10.4. The van der Waals surface area contributed by atoms with Gasteiger partial charge in [0.05, 0.1) is 35.8 Å². The molecular weight excluding hydrogens is 477 g/mol. The molecule has 0 saturated carbocycles. The molecule has 2 aromatic rings. The molecule has 0 radical (unpaired) electrons. The fraction of sp³-hybridized carbons (Fsp3) is 0.368. The number of hydrogen-bond acceptors (Lipinski definition) is 6. The van der Waals surface area contributed by atoms with Crippen LogP contribution in [-0.2, 0) is 15.4 Å². The molecule has 2 aromatic heterocycles. The highest BCUT2D eigenvalue weighted by atomic mass is 35.5. The number of rotatable bonds is 4. The van der Waals surface area contributed by atoms with Gasteiger partial charge in [-0.3, -0.25) is 14.8 Å². The summed E-state index contributed by atoms with van der Waals surface area (Å²) in [6.45, 7) is 2.00. The number of ether oxygens (including phenoxy) is 1. The molecule has 180 valence electrons. The van der Waals surface area contributed by atoms with Crippen molar-refractivity contribution in [1.82, 2.24) is 9.97 Å². The van der Waals surface area contributed by atoms with Crippen molar-refractivity contribution in [3.63, 3.8) is 0 Å². The Labute approximate surface area is 211 Å². The van der Waals surface area contributed by atoms with Crippen LogP contribution in [0.1, 0.15) is 35.6 Å². The molecule has 1 amide bonds. The number of nitrogens with two attached hydrogens (primary N) is 1. The maximum Gasteiger partial charge on any atom is 0.424 e. The topological polar surface area (TPSA) is 102 Å². The second-order valence-electron chi connectivity index (χ2n) is 10.1. The van der Waals surface area contributed by atoms with Crippen LogP contribution in [0.3, 0.4) is 0 Å². The number of nitrogens with zero attached hydrogens (tertiary/aromatic N) is 3. The molecule has 0 bridgehead atoms. The summed E-state index contributed by atoms with van der Waals surface area (Å²) in [4.78, 5) is 26.2. The molecule has 0 spiro atoms. The summed E-state index contributed by atoms with van der Waals surface area (Å²) < 4.78 is 45.5. The van der Waals surface area contributed by atoms with Gasteiger partial charge in [0, 0.05) is 10.6 Å². The molecular formula is C19H24B5ClF3N5O2. The van der Waals surface area contributed by atoms with Crippen LogP contribution < -0.4 is 22.1 Å². The van der Waals surface area contributed by atoms with Crippen LogP contribution in [0, 0.1) is 0 Å². The number of aliphatic imine (C=N–C) groups is 1. The molecule has 3 N–H and O–H groups in total. The molecule has 35 heavy (non-hydrogen) atoms. The number of pyridine rings is 2. The van der Waals surface area contributed by atoms with Gasteiger partial charge < -0.3 is 15.8 Å². The number of halogens is 4. The van der Waals surface area contributed by atoms with E-state index in [1.54, 1.807) is 33.0 Å². The van der Waals surface area contributed by atoms with Crippen LogP contribution in [0.25, 0.3) is 0 Å². The minimum absolute atomic E-state index is 0.179. The van der Waals surface area contributed by atoms with E-state index < -0.39 is 40.8 Å². The number of aromatic nitrogens is 2. The highest BCUT2D eigenvalue weighted by molar-refractivity contribution is 6.62. The molecule has 7 nitrogen and oxygen atoms in total. The summed E-state index contributed by atoms with van der Waals surface area (Å²) in [6.07, 6.45) is -4.72. The smallest absolute Gasteiger partial charge is 0.385 e. The Hall–Kier alpha value is -2.40. The number of alkyl halides is 3. The second kappa shape index (κ2) is 8.92. The molecule has 1 aliphatic heterocycles. The number of carbonyl (C=O) groups excluding carboxylic acids is 1. The molecule has 1 aliphatic rings. The van der Waals surface area contributed by atoms with Crippen LogP contribution in [0.15, 0.2) is 23.2 Å². The first-order valence-corrected chi connectivity index (χ1v) is 11.3. The van der Waals surface area contributed by atoms with E-state index in [1.165, 1.54) is 0 Å². The van der Waals surface area contributed by atoms with Gasteiger partial charge in [-0.05, 0) is 31.5 Å². The van der Waals surface area contributed by atoms with Gasteiger partial charge in [0.15, 0.2) is 7.85 Å². The molecule has 0 aliphatic carbocycles. The summed E-state index contributed by atoms with van der Waals surface area (Å²) in [6, 6.07) is 4.76. The van der Waals surface area contributed by atoms with Crippen molar-refractivity contribution < 1.29 is 22.7 Å². The molecule has 3 heterocycles. The van der Waals surface area contributed by atoms with Gasteiger partial charge >= 0.3 is 6.18 Å². The zero-order chi connectivity index (χ0) is 26.6. The summed E-state index contributed by atoms with van der Waals surface area (Å²) >= 11 is 6.40. The number of carbonyl (C=O) groups is 1. The fourth-order valence-electron chi connectivity index (χ4n) is 4.02. The average Bonchev–Trinajstić information content (AvgIpc) is 2.73. The third kappa shape index (κ3) is 4.98. The van der Waals surface area contributed by atoms with E-state index >= 15 is 0 Å². The van der Waals surface area contributed by atoms with E-state index in [0.717, 1.165) is 12.4 Å². The lowest BCUT2D eigenvalue weighted by atomic mass is 9.38. The first kappa shape index (κ1) is 27.2. The Kier molecular flexibility index (Phi) is 6.93. The van der Waals surface area contributed by atoms with Gasteiger partial charge in [0.2, 0.25) is 5.60 Å². The summed E-state index contributed by atoms with van der Waals surface area (Å²) in [5, 5.41) is 2.82. The molecule has 0 saturated heterocycles. The van der Waals surface area contributed by atoms with Gasteiger partial charge in [-0.2, -0.15) is 13.2 Å². The maximum absolute atomic E-state index is 13.4. The zero-order valence-electron chi connectivity index (χ0n) is 20.7. The van der Waals surface area contributed by atoms with Crippen molar-refractivity contribution in [2.45, 2.75) is 36.3 Å². The highest BCUT2D eigenvalue weighted by Gasteiger charge is 2.59. The predicted octanol–water partition coefficient (Wildman–Crippen LogP) is -3.17. The van der Waals surface area contributed by atoms with Gasteiger partial charge in [0.1, 0.15) is 30.7 Å². The van der Waals surface area contributed by atoms with E-state index in [4.69, 9.17) is 22.1 Å². The van der Waals surface area contributed by atoms with Crippen molar-refractivity contribution in [2.75, 3.05) is 11.9 Å². The van der Waals surface area contributed by atoms with E-state index in [9.17, 15) is 18.0 Å². The quantitative estimate of drug-likeness (QED) is 0.431. The molecule has 16 heteroatoms. The maximum atomic E-state index is 13.4. The molecule has 0 aromatic carbocycles. The van der Waals surface area contributed by atoms with Gasteiger partial charge in [-0.15, -0.1) is 0 Å². The Bertz CT molecular complexity index is 1230. The van der Waals surface area contributed by atoms with Crippen LogP contribution in [-0.4, -0.2) is 79.3 Å². The van der Waals surface area contributed by atoms with Gasteiger partial charge in [0.25, 0.3) is 5.91 Å². The van der Waals surface area contributed by atoms with Crippen molar-refractivity contribution in [2.24, 2.45) is 10.7 Å². The minimum atomic E-state index is -4.72. The van der Waals surface area contributed by atoms with Crippen LogP contribution in [0.2, 0.25) is 5.02 Å². The number of anilines is 1. The van der Waals surface area contributed by atoms with Crippen molar-refractivity contribution >= 4 is 79.4 Å². The Balaban J connectivity index is 1.97. The molecule has 0 fully saturated rings. The number of amides is 1. The van der Waals surface area contributed by atoms with E-state index in [2.05, 4.69) is 20.3 Å². The zero-order valence-corrected chi connectivity index (χ0v) is 21.4. The minimum Gasteiger partial charge on any atom is -0.385 e. The summed E-state index contributed by atoms with van der Waals surface area (Å²) in [5.74, 6) is -1.00. The number of nitrogens with one attached hydrogen (secondary N) is 1. The van der Waals surface area contributed by atoms with Crippen LogP contribution >= 0.6 is 11.6 Å². The number of hydrogen-bond donors (Lipinski definition) is 2. The van der Waals surface area contributed by atoms with Crippen molar-refractivity contribution in [3.05, 3.63) is 40.2 Å². The lowest BCUT2D eigenvalue weighted by Crippen LogP contribution is -2.60. The van der Waals surface area contributed by atoms with E-state index in [0.29, 0.717) is 16.2 Å². The Morgan fingerprint density at radius 2 is 1.83 bits per heavy atom. The average molecular weight is 501 g/mol. The van der Waals surface area contributed by atoms with Gasteiger partial charge in [-0.25, -0.2) is 4.98 Å². The molecule has 2 atom stereocenters. The third-order valence-corrected chi connectivity index (χ3v) is 6.64. The van der Waals surface area contributed by atoms with Crippen LogP contribution in [0.5, 0.6) is 0 Å². The number of amidine groups is 1. The normalized spacial score (nSPS) is 23.0. The summed E-state index contributed by atoms with van der Waals surface area (Å²) in [7, 11) is 9.44. The SMILES string of the molecule is Bc1nc(C(=O)Nc2cccc([C@]3(C)CO[C@@](C)(C(F)(F)F)C(N)=N3)n2)c(C(B)(B)B)c(B)c1Cl. The Morgan fingerprint density at radius 1 is 1.20 bits per heavy atom. The van der Waals surface area contributed by atoms with E-state index in [1.807, 2.05) is 31.4 Å². The highest BCUT2D eigenvalue weighted by Crippen LogP contribution is 2.40. The largest absolute Gasteiger partial charge is 0.424 e. The first-order valence-electron chi connectivity index (χ1n) is 10.9. The molecule has 0 unspecified atom stereocenters. The van der Waals surface area contributed by atoms with Crippen LogP contribution in [0.4, 0.5) is 19.0 Å². The van der Waals surface area contributed by atoms with Crippen molar-refractivity contribution in [1.29, 1.82) is 0 Å². The van der Waals surface area contributed by atoms with Crippen molar-refractivity contribution in [3.8, 4) is 0 Å². The fourth-order valence-corrected chi connectivity index (χ4v) is 4.15. The Morgan fingerprint density at radius 3 is 2.37 bits per heavy atom. The first-order chi connectivity index (χ1) is 15.9. The predicted molar refractivity (Wildman–Crippen MR) is 144 cm³/mol. The lowest BCUT2D eigenvalue weighted by molar-refractivity contribution is -0.249. The third-order valence-electron chi connectivity index (χ3n) is 6.08.